The Labute approximate surface area is 133 Å². The Hall–Kier alpha value is -2.41. The van der Waals surface area contributed by atoms with E-state index in [0.717, 1.165) is 17.7 Å². The average Bonchev–Trinajstić information content (AvgIpc) is 3.05. The summed E-state index contributed by atoms with van der Waals surface area (Å²) in [5.41, 5.74) is 1.86. The maximum Gasteiger partial charge on any atom is 0.227 e. The van der Waals surface area contributed by atoms with E-state index in [1.165, 1.54) is 0 Å². The SMILES string of the molecule is O=C(Cc1ccc(O)cc1)N1CC[C@@H]2OCc3cnnn3[C@H]2C1. The molecule has 120 valence electrons. The molecule has 0 aliphatic carbocycles. The Kier molecular flexibility index (Phi) is 3.49. The van der Waals surface area contributed by atoms with Gasteiger partial charge in [0.15, 0.2) is 0 Å². The molecule has 1 saturated heterocycles. The van der Waals surface area contributed by atoms with Crippen molar-refractivity contribution >= 4 is 5.91 Å². The summed E-state index contributed by atoms with van der Waals surface area (Å²) in [6.07, 6.45) is 2.96. The van der Waals surface area contributed by atoms with Gasteiger partial charge in [0.25, 0.3) is 0 Å². The zero-order valence-electron chi connectivity index (χ0n) is 12.6. The number of piperidine rings is 1. The van der Waals surface area contributed by atoms with Crippen molar-refractivity contribution in [3.05, 3.63) is 41.7 Å². The molecule has 2 aliphatic rings. The first-order valence-corrected chi connectivity index (χ1v) is 7.77. The number of phenols is 1. The van der Waals surface area contributed by atoms with Crippen molar-refractivity contribution in [2.75, 3.05) is 13.1 Å². The molecule has 2 atom stereocenters. The minimum Gasteiger partial charge on any atom is -0.508 e. The third kappa shape index (κ3) is 2.68. The number of nitrogens with zero attached hydrogens (tertiary/aromatic N) is 4. The number of ether oxygens (including phenoxy) is 1. The van der Waals surface area contributed by atoms with E-state index in [-0.39, 0.29) is 23.8 Å². The van der Waals surface area contributed by atoms with Crippen molar-refractivity contribution in [3.8, 4) is 5.75 Å². The first-order chi connectivity index (χ1) is 11.2. The second-order valence-corrected chi connectivity index (χ2v) is 6.06. The van der Waals surface area contributed by atoms with E-state index >= 15 is 0 Å². The zero-order chi connectivity index (χ0) is 15.8. The number of hydrogen-bond acceptors (Lipinski definition) is 5. The summed E-state index contributed by atoms with van der Waals surface area (Å²) in [4.78, 5) is 14.4. The molecule has 1 aromatic heterocycles. The topological polar surface area (TPSA) is 80.5 Å². The molecule has 3 heterocycles. The number of aromatic hydroxyl groups is 1. The summed E-state index contributed by atoms with van der Waals surface area (Å²) < 4.78 is 7.76. The van der Waals surface area contributed by atoms with Crippen molar-refractivity contribution in [3.63, 3.8) is 0 Å². The van der Waals surface area contributed by atoms with Crippen LogP contribution in [0.5, 0.6) is 5.75 Å². The smallest absolute Gasteiger partial charge is 0.227 e. The molecule has 0 bridgehead atoms. The summed E-state index contributed by atoms with van der Waals surface area (Å²) in [6.45, 7) is 1.83. The first-order valence-electron chi connectivity index (χ1n) is 7.77. The third-order valence-corrected chi connectivity index (χ3v) is 4.57. The number of aromatic nitrogens is 3. The van der Waals surface area contributed by atoms with Gasteiger partial charge in [-0.1, -0.05) is 17.3 Å². The van der Waals surface area contributed by atoms with Gasteiger partial charge in [0.1, 0.15) is 5.75 Å². The van der Waals surface area contributed by atoms with Crippen LogP contribution in [0.2, 0.25) is 0 Å². The van der Waals surface area contributed by atoms with Crippen LogP contribution in [-0.2, 0) is 22.6 Å². The van der Waals surface area contributed by atoms with Gasteiger partial charge in [-0.25, -0.2) is 4.68 Å². The fourth-order valence-electron chi connectivity index (χ4n) is 3.31. The van der Waals surface area contributed by atoms with Crippen LogP contribution in [0.3, 0.4) is 0 Å². The fourth-order valence-corrected chi connectivity index (χ4v) is 3.31. The van der Waals surface area contributed by atoms with Gasteiger partial charge in [0.05, 0.1) is 37.1 Å². The highest BCUT2D eigenvalue weighted by atomic mass is 16.5. The number of amides is 1. The number of phenolic OH excluding ortho intramolecular Hbond substituents is 1. The summed E-state index contributed by atoms with van der Waals surface area (Å²) in [5.74, 6) is 0.293. The minimum atomic E-state index is 0.0405. The maximum atomic E-state index is 12.6. The average molecular weight is 314 g/mol. The Bertz CT molecular complexity index is 712. The van der Waals surface area contributed by atoms with Crippen LogP contribution in [0.4, 0.5) is 0 Å². The molecule has 7 nitrogen and oxygen atoms in total. The summed E-state index contributed by atoms with van der Waals surface area (Å²) in [6, 6.07) is 6.80. The van der Waals surface area contributed by atoms with Crippen LogP contribution in [0.25, 0.3) is 0 Å². The van der Waals surface area contributed by atoms with Gasteiger partial charge in [-0.15, -0.1) is 5.10 Å². The number of rotatable bonds is 2. The van der Waals surface area contributed by atoms with Gasteiger partial charge in [0.2, 0.25) is 5.91 Å². The van der Waals surface area contributed by atoms with E-state index in [1.807, 2.05) is 9.58 Å². The summed E-state index contributed by atoms with van der Waals surface area (Å²) in [7, 11) is 0. The summed E-state index contributed by atoms with van der Waals surface area (Å²) in [5, 5.41) is 17.4. The molecule has 0 spiro atoms. The number of benzene rings is 1. The van der Waals surface area contributed by atoms with Gasteiger partial charge in [-0.3, -0.25) is 4.79 Å². The van der Waals surface area contributed by atoms with E-state index in [2.05, 4.69) is 10.3 Å². The lowest BCUT2D eigenvalue weighted by molar-refractivity contribution is -0.137. The molecule has 2 aliphatic heterocycles. The highest BCUT2D eigenvalue weighted by Gasteiger charge is 2.37. The molecule has 2 aromatic rings. The van der Waals surface area contributed by atoms with Crippen molar-refractivity contribution in [1.82, 2.24) is 19.9 Å². The predicted octanol–water partition coefficient (Wildman–Crippen LogP) is 0.899. The number of carbonyl (C=O) groups excluding carboxylic acids is 1. The van der Waals surface area contributed by atoms with E-state index in [1.54, 1.807) is 30.5 Å². The van der Waals surface area contributed by atoms with Gasteiger partial charge >= 0.3 is 0 Å². The van der Waals surface area contributed by atoms with E-state index in [4.69, 9.17) is 4.74 Å². The van der Waals surface area contributed by atoms with Gasteiger partial charge in [-0.2, -0.15) is 0 Å². The van der Waals surface area contributed by atoms with Crippen LogP contribution in [0, 0.1) is 0 Å². The van der Waals surface area contributed by atoms with Crippen LogP contribution in [0.1, 0.15) is 23.7 Å². The summed E-state index contributed by atoms with van der Waals surface area (Å²) >= 11 is 0. The van der Waals surface area contributed by atoms with Crippen molar-refractivity contribution in [2.45, 2.75) is 31.6 Å². The number of fused-ring (bicyclic) bond motifs is 3. The van der Waals surface area contributed by atoms with Crippen molar-refractivity contribution < 1.29 is 14.6 Å². The number of hydrogen-bond donors (Lipinski definition) is 1. The molecule has 4 rings (SSSR count). The molecule has 23 heavy (non-hydrogen) atoms. The molecule has 0 radical (unpaired) electrons. The van der Waals surface area contributed by atoms with Gasteiger partial charge in [-0.05, 0) is 24.1 Å². The molecular formula is C16H18N4O3. The largest absolute Gasteiger partial charge is 0.508 e. The molecule has 1 aromatic carbocycles. The lowest BCUT2D eigenvalue weighted by Gasteiger charge is -2.41. The molecule has 1 amide bonds. The number of likely N-dealkylation sites (tertiary alicyclic amines) is 1. The lowest BCUT2D eigenvalue weighted by Crippen LogP contribution is -2.50. The zero-order valence-corrected chi connectivity index (χ0v) is 12.6. The normalized spacial score (nSPS) is 23.2. The molecule has 1 N–H and O–H groups in total. The highest BCUT2D eigenvalue weighted by Crippen LogP contribution is 2.30. The number of carbonyl (C=O) groups is 1. The third-order valence-electron chi connectivity index (χ3n) is 4.57. The van der Waals surface area contributed by atoms with Crippen molar-refractivity contribution in [2.24, 2.45) is 0 Å². The molecule has 1 fully saturated rings. The van der Waals surface area contributed by atoms with Gasteiger partial charge < -0.3 is 14.7 Å². The lowest BCUT2D eigenvalue weighted by atomic mass is 9.99. The van der Waals surface area contributed by atoms with Gasteiger partial charge in [0, 0.05) is 13.1 Å². The Balaban J connectivity index is 1.47. The first kappa shape index (κ1) is 14.2. The van der Waals surface area contributed by atoms with Crippen LogP contribution < -0.4 is 0 Å². The molecule has 0 saturated carbocycles. The maximum absolute atomic E-state index is 12.6. The highest BCUT2D eigenvalue weighted by molar-refractivity contribution is 5.79. The molecule has 0 unspecified atom stereocenters. The van der Waals surface area contributed by atoms with E-state index in [9.17, 15) is 9.90 Å². The van der Waals surface area contributed by atoms with Crippen LogP contribution in [-0.4, -0.2) is 50.1 Å². The van der Waals surface area contributed by atoms with Crippen molar-refractivity contribution in [1.29, 1.82) is 0 Å². The molecule has 7 heteroatoms. The van der Waals surface area contributed by atoms with E-state index < -0.39 is 0 Å². The van der Waals surface area contributed by atoms with E-state index in [0.29, 0.717) is 26.1 Å². The minimum absolute atomic E-state index is 0.0405. The Morgan fingerprint density at radius 2 is 2.17 bits per heavy atom. The second kappa shape index (κ2) is 5.66. The Morgan fingerprint density at radius 3 is 3.00 bits per heavy atom. The quantitative estimate of drug-likeness (QED) is 0.891. The second-order valence-electron chi connectivity index (χ2n) is 6.06. The van der Waals surface area contributed by atoms with Crippen LogP contribution >= 0.6 is 0 Å². The fraction of sp³-hybridized carbons (Fsp3) is 0.438. The monoisotopic (exact) mass is 314 g/mol. The van der Waals surface area contributed by atoms with Crippen LogP contribution in [0.15, 0.2) is 30.5 Å². The predicted molar refractivity (Wildman–Crippen MR) is 80.6 cm³/mol. The Morgan fingerprint density at radius 1 is 1.35 bits per heavy atom. The standard InChI is InChI=1S/C16H18N4O3/c21-13-3-1-11(2-4-13)7-16(22)19-6-5-15-14(9-19)20-12(10-23-15)8-17-18-20/h1-4,8,14-15,21H,5-7,9-10H2/t14-,15-/m0/s1. The molecular weight excluding hydrogens is 296 g/mol.